The lowest BCUT2D eigenvalue weighted by atomic mass is 10.1. The number of nitrogens with zero attached hydrogens (tertiary/aromatic N) is 1. The first-order valence-electron chi connectivity index (χ1n) is 7.22. The Morgan fingerprint density at radius 2 is 2.24 bits per heavy atom. The van der Waals surface area contributed by atoms with Crippen LogP contribution in [-0.4, -0.2) is 56.9 Å². The van der Waals surface area contributed by atoms with Crippen molar-refractivity contribution in [3.8, 4) is 5.75 Å². The van der Waals surface area contributed by atoms with E-state index >= 15 is 0 Å². The molecule has 116 valence electrons. The molecule has 1 fully saturated rings. The molecule has 5 nitrogen and oxygen atoms in total. The van der Waals surface area contributed by atoms with Crippen molar-refractivity contribution in [2.45, 2.75) is 20.0 Å². The lowest BCUT2D eigenvalue weighted by Crippen LogP contribution is -2.47. The Balaban J connectivity index is 1.80. The summed E-state index contributed by atoms with van der Waals surface area (Å²) < 4.78 is 16.0. The van der Waals surface area contributed by atoms with Gasteiger partial charge in [0.2, 0.25) is 0 Å². The molecule has 0 aliphatic carbocycles. The van der Waals surface area contributed by atoms with Crippen LogP contribution in [-0.2, 0) is 14.3 Å². The van der Waals surface area contributed by atoms with Gasteiger partial charge in [-0.3, -0.25) is 4.90 Å². The zero-order chi connectivity index (χ0) is 15.2. The molecular weight excluding hydrogens is 270 g/mol. The van der Waals surface area contributed by atoms with E-state index in [0.717, 1.165) is 24.4 Å². The van der Waals surface area contributed by atoms with Crippen LogP contribution in [0.15, 0.2) is 18.2 Å². The van der Waals surface area contributed by atoms with Crippen LogP contribution >= 0.6 is 0 Å². The number of rotatable bonds is 5. The fourth-order valence-corrected chi connectivity index (χ4v) is 2.33. The Hall–Kier alpha value is -1.59. The fourth-order valence-electron chi connectivity index (χ4n) is 2.33. The Labute approximate surface area is 125 Å². The van der Waals surface area contributed by atoms with Crippen LogP contribution in [0.2, 0.25) is 0 Å². The molecule has 0 aromatic heterocycles. The average Bonchev–Trinajstić information content (AvgIpc) is 2.50. The van der Waals surface area contributed by atoms with Crippen LogP contribution in [0.5, 0.6) is 5.75 Å². The number of hydrogen-bond acceptors (Lipinski definition) is 5. The van der Waals surface area contributed by atoms with Crippen molar-refractivity contribution in [1.82, 2.24) is 4.90 Å². The molecule has 1 heterocycles. The molecule has 1 aromatic rings. The normalized spacial score (nSPS) is 19.3. The number of ether oxygens (including phenoxy) is 3. The maximum absolute atomic E-state index is 11.5. The second-order valence-electron chi connectivity index (χ2n) is 5.30. The fraction of sp³-hybridized carbons (Fsp3) is 0.562. The number of morpholine rings is 1. The van der Waals surface area contributed by atoms with E-state index in [4.69, 9.17) is 14.2 Å². The number of methoxy groups -OCH3 is 1. The van der Waals surface area contributed by atoms with Gasteiger partial charge in [0, 0.05) is 19.6 Å². The minimum absolute atomic E-state index is 0.310. The number of esters is 1. The quantitative estimate of drug-likeness (QED) is 0.771. The lowest BCUT2D eigenvalue weighted by Gasteiger charge is -2.31. The predicted molar refractivity (Wildman–Crippen MR) is 79.6 cm³/mol. The summed E-state index contributed by atoms with van der Waals surface area (Å²) >= 11 is 0. The van der Waals surface area contributed by atoms with Gasteiger partial charge < -0.3 is 14.2 Å². The standard InChI is InChI=1S/C16H23NO4/c1-12-4-5-13(2)14(10-12)20-8-6-17-7-9-21-15(11-17)16(18)19-3/h4-5,10,15H,6-9,11H2,1-3H3. The van der Waals surface area contributed by atoms with E-state index in [1.54, 1.807) is 0 Å². The van der Waals surface area contributed by atoms with Gasteiger partial charge in [-0.1, -0.05) is 12.1 Å². The predicted octanol–water partition coefficient (Wildman–Crippen LogP) is 1.56. The highest BCUT2D eigenvalue weighted by atomic mass is 16.6. The average molecular weight is 293 g/mol. The van der Waals surface area contributed by atoms with Gasteiger partial charge in [-0.05, 0) is 31.0 Å². The third-order valence-electron chi connectivity index (χ3n) is 3.62. The number of carbonyl (C=O) groups is 1. The minimum atomic E-state index is -0.482. The summed E-state index contributed by atoms with van der Waals surface area (Å²) in [6, 6.07) is 6.18. The molecule has 1 aliphatic heterocycles. The van der Waals surface area contributed by atoms with Crippen molar-refractivity contribution in [3.05, 3.63) is 29.3 Å². The zero-order valence-corrected chi connectivity index (χ0v) is 12.9. The highest BCUT2D eigenvalue weighted by molar-refractivity contribution is 5.74. The third-order valence-corrected chi connectivity index (χ3v) is 3.62. The summed E-state index contributed by atoms with van der Waals surface area (Å²) in [5.74, 6) is 0.614. The van der Waals surface area contributed by atoms with E-state index in [2.05, 4.69) is 24.0 Å². The number of aryl methyl sites for hydroxylation is 2. The largest absolute Gasteiger partial charge is 0.492 e. The lowest BCUT2D eigenvalue weighted by molar-refractivity contribution is -0.159. The van der Waals surface area contributed by atoms with Gasteiger partial charge in [-0.2, -0.15) is 0 Å². The van der Waals surface area contributed by atoms with Gasteiger partial charge in [0.05, 0.1) is 13.7 Å². The van der Waals surface area contributed by atoms with Gasteiger partial charge >= 0.3 is 5.97 Å². The Bertz CT molecular complexity index is 489. The first-order valence-corrected chi connectivity index (χ1v) is 7.22. The van der Waals surface area contributed by atoms with E-state index in [1.165, 1.54) is 12.7 Å². The van der Waals surface area contributed by atoms with Crippen molar-refractivity contribution in [1.29, 1.82) is 0 Å². The summed E-state index contributed by atoms with van der Waals surface area (Å²) in [5, 5.41) is 0. The van der Waals surface area contributed by atoms with Crippen molar-refractivity contribution >= 4 is 5.97 Å². The second kappa shape index (κ2) is 7.43. The molecule has 0 amide bonds. The molecule has 5 heteroatoms. The topological polar surface area (TPSA) is 48.0 Å². The molecule has 2 rings (SSSR count). The summed E-state index contributed by atoms with van der Waals surface area (Å²) in [4.78, 5) is 13.6. The molecule has 1 atom stereocenters. The first-order chi connectivity index (χ1) is 10.1. The molecule has 0 N–H and O–H groups in total. The maximum Gasteiger partial charge on any atom is 0.336 e. The van der Waals surface area contributed by atoms with Crippen molar-refractivity contribution < 1.29 is 19.0 Å². The molecule has 21 heavy (non-hydrogen) atoms. The van der Waals surface area contributed by atoms with Crippen LogP contribution in [0.1, 0.15) is 11.1 Å². The van der Waals surface area contributed by atoms with Crippen LogP contribution in [0.4, 0.5) is 0 Å². The van der Waals surface area contributed by atoms with E-state index in [1.807, 2.05) is 13.0 Å². The van der Waals surface area contributed by atoms with E-state index in [9.17, 15) is 4.79 Å². The van der Waals surface area contributed by atoms with Gasteiger partial charge in [-0.25, -0.2) is 4.79 Å². The van der Waals surface area contributed by atoms with E-state index in [0.29, 0.717) is 19.8 Å². The number of hydrogen-bond donors (Lipinski definition) is 0. The van der Waals surface area contributed by atoms with Crippen LogP contribution in [0.25, 0.3) is 0 Å². The Morgan fingerprint density at radius 3 is 3.00 bits per heavy atom. The monoisotopic (exact) mass is 293 g/mol. The molecular formula is C16H23NO4. The van der Waals surface area contributed by atoms with Gasteiger partial charge in [0.1, 0.15) is 12.4 Å². The molecule has 1 aliphatic rings. The van der Waals surface area contributed by atoms with Crippen LogP contribution in [0.3, 0.4) is 0 Å². The highest BCUT2D eigenvalue weighted by Crippen LogP contribution is 2.19. The second-order valence-corrected chi connectivity index (χ2v) is 5.30. The summed E-state index contributed by atoms with van der Waals surface area (Å²) in [6.45, 7) is 7.37. The molecule has 1 unspecified atom stereocenters. The van der Waals surface area contributed by atoms with E-state index < -0.39 is 6.10 Å². The van der Waals surface area contributed by atoms with E-state index in [-0.39, 0.29) is 5.97 Å². The van der Waals surface area contributed by atoms with Crippen LogP contribution in [0, 0.1) is 13.8 Å². The SMILES string of the molecule is COC(=O)C1CN(CCOc2cc(C)ccc2C)CCO1. The van der Waals surface area contributed by atoms with Crippen molar-refractivity contribution in [2.24, 2.45) is 0 Å². The Kier molecular flexibility index (Phi) is 5.59. The third kappa shape index (κ3) is 4.44. The number of carbonyl (C=O) groups excluding carboxylic acids is 1. The zero-order valence-electron chi connectivity index (χ0n) is 12.9. The van der Waals surface area contributed by atoms with Gasteiger partial charge in [0.25, 0.3) is 0 Å². The highest BCUT2D eigenvalue weighted by Gasteiger charge is 2.27. The molecule has 1 saturated heterocycles. The van der Waals surface area contributed by atoms with Gasteiger partial charge in [-0.15, -0.1) is 0 Å². The molecule has 0 bridgehead atoms. The summed E-state index contributed by atoms with van der Waals surface area (Å²) in [5.41, 5.74) is 2.32. The summed E-state index contributed by atoms with van der Waals surface area (Å²) in [7, 11) is 1.38. The first kappa shape index (κ1) is 15.8. The maximum atomic E-state index is 11.5. The summed E-state index contributed by atoms with van der Waals surface area (Å²) in [6.07, 6.45) is -0.482. The number of benzene rings is 1. The molecule has 0 saturated carbocycles. The molecule has 1 aromatic carbocycles. The van der Waals surface area contributed by atoms with Crippen LogP contribution < -0.4 is 4.74 Å². The van der Waals surface area contributed by atoms with Crippen molar-refractivity contribution in [3.63, 3.8) is 0 Å². The molecule has 0 radical (unpaired) electrons. The van der Waals surface area contributed by atoms with Gasteiger partial charge in [0.15, 0.2) is 6.10 Å². The Morgan fingerprint density at radius 1 is 1.43 bits per heavy atom. The minimum Gasteiger partial charge on any atom is -0.492 e. The smallest absolute Gasteiger partial charge is 0.336 e. The van der Waals surface area contributed by atoms with Crippen molar-refractivity contribution in [2.75, 3.05) is 40.0 Å². The molecule has 0 spiro atoms.